The molecule has 3 aromatic rings. The molecule has 2 aromatic carbocycles. The molecule has 0 saturated heterocycles. The number of hydrogen-bond acceptors (Lipinski definition) is 7. The van der Waals surface area contributed by atoms with E-state index in [0.717, 1.165) is 0 Å². The molecule has 9 heteroatoms. The van der Waals surface area contributed by atoms with Crippen LogP contribution in [0.1, 0.15) is 34.6 Å². The molecule has 160 valence electrons. The fourth-order valence-corrected chi connectivity index (χ4v) is 2.95. The Balaban J connectivity index is 1.98. The Morgan fingerprint density at radius 3 is 2.29 bits per heavy atom. The van der Waals surface area contributed by atoms with Crippen LogP contribution in [0.25, 0.3) is 11.3 Å². The molecule has 3 rings (SSSR count). The SMILES string of the molecule is CCOC(=O)c1ccc(-c2cc(C(=O)OCC)c(Nc3ccccc3[N+](=O)[O-])[nH]2)cc1. The van der Waals surface area contributed by atoms with Gasteiger partial charge in [-0.15, -0.1) is 0 Å². The number of ether oxygens (including phenoxy) is 2. The van der Waals surface area contributed by atoms with Gasteiger partial charge in [-0.3, -0.25) is 10.1 Å². The van der Waals surface area contributed by atoms with Crippen molar-refractivity contribution in [1.29, 1.82) is 0 Å². The van der Waals surface area contributed by atoms with E-state index in [-0.39, 0.29) is 36.0 Å². The van der Waals surface area contributed by atoms with Gasteiger partial charge in [0.05, 0.1) is 23.7 Å². The van der Waals surface area contributed by atoms with E-state index in [1.54, 1.807) is 62.4 Å². The highest BCUT2D eigenvalue weighted by molar-refractivity contribution is 5.98. The minimum Gasteiger partial charge on any atom is -0.462 e. The summed E-state index contributed by atoms with van der Waals surface area (Å²) in [5.41, 5.74) is 1.97. The summed E-state index contributed by atoms with van der Waals surface area (Å²) in [5.74, 6) is -0.738. The predicted molar refractivity (Wildman–Crippen MR) is 115 cm³/mol. The number of carbonyl (C=O) groups is 2. The third kappa shape index (κ3) is 4.89. The molecule has 9 nitrogen and oxygen atoms in total. The first kappa shape index (κ1) is 21.6. The normalized spacial score (nSPS) is 10.4. The van der Waals surface area contributed by atoms with Gasteiger partial charge in [-0.25, -0.2) is 9.59 Å². The zero-order valence-electron chi connectivity index (χ0n) is 17.0. The molecule has 0 fully saturated rings. The number of nitro benzene ring substituents is 1. The number of H-pyrrole nitrogens is 1. The van der Waals surface area contributed by atoms with Crippen LogP contribution in [-0.4, -0.2) is 35.1 Å². The number of nitrogens with zero attached hydrogens (tertiary/aromatic N) is 1. The molecule has 0 radical (unpaired) electrons. The maximum atomic E-state index is 12.5. The number of carbonyl (C=O) groups excluding carboxylic acids is 2. The Kier molecular flexibility index (Phi) is 6.66. The van der Waals surface area contributed by atoms with Gasteiger partial charge in [-0.2, -0.15) is 0 Å². The highest BCUT2D eigenvalue weighted by Gasteiger charge is 2.21. The highest BCUT2D eigenvalue weighted by atomic mass is 16.6. The van der Waals surface area contributed by atoms with Gasteiger partial charge in [0.2, 0.25) is 0 Å². The number of nitro groups is 1. The minimum absolute atomic E-state index is 0.132. The second-order valence-corrected chi connectivity index (χ2v) is 6.39. The van der Waals surface area contributed by atoms with Crippen molar-refractivity contribution in [2.24, 2.45) is 0 Å². The van der Waals surface area contributed by atoms with Crippen molar-refractivity contribution in [3.05, 3.63) is 75.8 Å². The van der Waals surface area contributed by atoms with E-state index in [1.165, 1.54) is 6.07 Å². The molecule has 0 unspecified atom stereocenters. The van der Waals surface area contributed by atoms with Crippen molar-refractivity contribution in [2.75, 3.05) is 18.5 Å². The summed E-state index contributed by atoms with van der Waals surface area (Å²) < 4.78 is 10.1. The molecule has 1 aromatic heterocycles. The van der Waals surface area contributed by atoms with E-state index in [9.17, 15) is 19.7 Å². The van der Waals surface area contributed by atoms with Crippen molar-refractivity contribution in [2.45, 2.75) is 13.8 Å². The minimum atomic E-state index is -0.575. The van der Waals surface area contributed by atoms with Gasteiger partial charge in [-0.1, -0.05) is 24.3 Å². The second kappa shape index (κ2) is 9.57. The van der Waals surface area contributed by atoms with Crippen LogP contribution in [0.3, 0.4) is 0 Å². The molecule has 0 saturated carbocycles. The molecule has 0 amide bonds. The van der Waals surface area contributed by atoms with E-state index in [0.29, 0.717) is 16.8 Å². The van der Waals surface area contributed by atoms with E-state index < -0.39 is 16.9 Å². The third-order valence-corrected chi connectivity index (χ3v) is 4.38. The van der Waals surface area contributed by atoms with E-state index in [2.05, 4.69) is 10.3 Å². The Labute approximate surface area is 178 Å². The lowest BCUT2D eigenvalue weighted by Gasteiger charge is -2.08. The molecule has 2 N–H and O–H groups in total. The highest BCUT2D eigenvalue weighted by Crippen LogP contribution is 2.32. The molecule has 31 heavy (non-hydrogen) atoms. The molecular weight excluding hydrogens is 402 g/mol. The number of nitrogens with one attached hydrogen (secondary N) is 2. The fourth-order valence-electron chi connectivity index (χ4n) is 2.95. The summed E-state index contributed by atoms with van der Waals surface area (Å²) in [4.78, 5) is 38.2. The number of para-hydroxylation sites is 2. The summed E-state index contributed by atoms with van der Waals surface area (Å²) in [5, 5.41) is 14.2. The number of esters is 2. The number of aromatic nitrogens is 1. The van der Waals surface area contributed by atoms with Crippen LogP contribution >= 0.6 is 0 Å². The smallest absolute Gasteiger partial charge is 0.341 e. The zero-order chi connectivity index (χ0) is 22.4. The predicted octanol–water partition coefficient (Wildman–Crippen LogP) is 4.69. The van der Waals surface area contributed by atoms with Crippen molar-refractivity contribution in [1.82, 2.24) is 4.98 Å². The van der Waals surface area contributed by atoms with Crippen molar-refractivity contribution in [3.8, 4) is 11.3 Å². The molecule has 0 spiro atoms. The molecule has 0 aliphatic heterocycles. The topological polar surface area (TPSA) is 124 Å². The molecular formula is C22H21N3O6. The first-order valence-electron chi connectivity index (χ1n) is 9.62. The fraction of sp³-hybridized carbons (Fsp3) is 0.182. The van der Waals surface area contributed by atoms with Gasteiger partial charge in [0.25, 0.3) is 5.69 Å². The van der Waals surface area contributed by atoms with Gasteiger partial charge in [0.15, 0.2) is 0 Å². The number of anilines is 2. The van der Waals surface area contributed by atoms with E-state index in [4.69, 9.17) is 9.47 Å². The molecule has 0 aliphatic carbocycles. The van der Waals surface area contributed by atoms with Gasteiger partial charge < -0.3 is 19.8 Å². The van der Waals surface area contributed by atoms with Crippen LogP contribution in [0, 0.1) is 10.1 Å². The largest absolute Gasteiger partial charge is 0.462 e. The third-order valence-electron chi connectivity index (χ3n) is 4.38. The van der Waals surface area contributed by atoms with Gasteiger partial charge in [0.1, 0.15) is 17.1 Å². The zero-order valence-corrected chi connectivity index (χ0v) is 17.0. The Bertz CT molecular complexity index is 1100. The molecule has 0 bridgehead atoms. The summed E-state index contributed by atoms with van der Waals surface area (Å²) in [6.45, 7) is 3.88. The molecule has 0 atom stereocenters. The van der Waals surface area contributed by atoms with Crippen molar-refractivity contribution in [3.63, 3.8) is 0 Å². The van der Waals surface area contributed by atoms with Crippen LogP contribution < -0.4 is 5.32 Å². The lowest BCUT2D eigenvalue weighted by Crippen LogP contribution is -2.07. The van der Waals surface area contributed by atoms with Crippen molar-refractivity contribution >= 4 is 29.1 Å². The Hall–Kier alpha value is -4.14. The van der Waals surface area contributed by atoms with E-state index >= 15 is 0 Å². The molecule has 0 aliphatic rings. The number of benzene rings is 2. The maximum absolute atomic E-state index is 12.5. The summed E-state index contributed by atoms with van der Waals surface area (Å²) in [6.07, 6.45) is 0. The summed E-state index contributed by atoms with van der Waals surface area (Å²) in [6, 6.07) is 14.4. The quantitative estimate of drug-likeness (QED) is 0.306. The van der Waals surface area contributed by atoms with Gasteiger partial charge in [-0.05, 0) is 43.7 Å². The second-order valence-electron chi connectivity index (χ2n) is 6.39. The van der Waals surface area contributed by atoms with Gasteiger partial charge >= 0.3 is 11.9 Å². The van der Waals surface area contributed by atoms with Crippen molar-refractivity contribution < 1.29 is 24.0 Å². The standard InChI is InChI=1S/C22H21N3O6/c1-3-30-21(26)15-11-9-14(10-12-15)18-13-16(22(27)31-4-2)20(24-18)23-17-7-5-6-8-19(17)25(28)29/h5-13,23-24H,3-4H2,1-2H3. The maximum Gasteiger partial charge on any atom is 0.341 e. The number of hydrogen-bond donors (Lipinski definition) is 2. The monoisotopic (exact) mass is 423 g/mol. The lowest BCUT2D eigenvalue weighted by molar-refractivity contribution is -0.383. The summed E-state index contributed by atoms with van der Waals surface area (Å²) >= 11 is 0. The first-order chi connectivity index (χ1) is 14.9. The average molecular weight is 423 g/mol. The van der Waals surface area contributed by atoms with Crippen LogP contribution in [0.2, 0.25) is 0 Å². The van der Waals surface area contributed by atoms with E-state index in [1.807, 2.05) is 0 Å². The van der Waals surface area contributed by atoms with Crippen LogP contribution in [0.15, 0.2) is 54.6 Å². The lowest BCUT2D eigenvalue weighted by atomic mass is 10.1. The van der Waals surface area contributed by atoms with Gasteiger partial charge in [0, 0.05) is 11.8 Å². The number of aromatic amines is 1. The van der Waals surface area contributed by atoms with Crippen LogP contribution in [0.5, 0.6) is 0 Å². The Morgan fingerprint density at radius 1 is 1.00 bits per heavy atom. The average Bonchev–Trinajstić information content (AvgIpc) is 3.18. The van der Waals surface area contributed by atoms with Crippen LogP contribution in [0.4, 0.5) is 17.2 Å². The Morgan fingerprint density at radius 2 is 1.65 bits per heavy atom. The first-order valence-corrected chi connectivity index (χ1v) is 9.62. The number of rotatable bonds is 8. The van der Waals surface area contributed by atoms with Crippen LogP contribution in [-0.2, 0) is 9.47 Å². The summed E-state index contributed by atoms with van der Waals surface area (Å²) in [7, 11) is 0. The molecule has 1 heterocycles.